The van der Waals surface area contributed by atoms with E-state index in [1.165, 1.54) is 0 Å². The van der Waals surface area contributed by atoms with Gasteiger partial charge < -0.3 is 5.32 Å². The molecule has 0 radical (unpaired) electrons. The Balaban J connectivity index is 3.60. The summed E-state index contributed by atoms with van der Waals surface area (Å²) in [5.41, 5.74) is 0.275. The molecule has 0 aliphatic rings. The average molecular weight is 249 g/mol. The van der Waals surface area contributed by atoms with Gasteiger partial charge in [0, 0.05) is 19.2 Å². The predicted molar refractivity (Wildman–Crippen MR) is 66.0 cm³/mol. The second-order valence-electron chi connectivity index (χ2n) is 5.39. The zero-order chi connectivity index (χ0) is 12.8. The van der Waals surface area contributed by atoms with E-state index in [1.54, 1.807) is 0 Å². The molecule has 0 aromatic carbocycles. The fourth-order valence-electron chi connectivity index (χ4n) is 1.21. The van der Waals surface area contributed by atoms with E-state index >= 15 is 0 Å². The van der Waals surface area contributed by atoms with E-state index in [1.807, 2.05) is 0 Å². The van der Waals surface area contributed by atoms with Gasteiger partial charge in [-0.25, -0.2) is 8.42 Å². The zero-order valence-corrected chi connectivity index (χ0v) is 11.5. The highest BCUT2D eigenvalue weighted by atomic mass is 32.2. The van der Waals surface area contributed by atoms with Gasteiger partial charge in [-0.1, -0.05) is 20.8 Å². The molecule has 0 aromatic heterocycles. The van der Waals surface area contributed by atoms with Gasteiger partial charge in [-0.05, 0) is 18.3 Å². The van der Waals surface area contributed by atoms with Crippen LogP contribution in [0, 0.1) is 5.41 Å². The molecule has 96 valence electrons. The molecule has 4 nitrogen and oxygen atoms in total. The monoisotopic (exact) mass is 249 g/mol. The molecule has 1 N–H and O–H groups in total. The maximum absolute atomic E-state index is 11.2. The molecule has 0 aliphatic heterocycles. The Morgan fingerprint density at radius 3 is 2.25 bits per heavy atom. The Labute approximate surface area is 98.7 Å². The van der Waals surface area contributed by atoms with Gasteiger partial charge in [0.1, 0.15) is 9.84 Å². The van der Waals surface area contributed by atoms with Crippen molar-refractivity contribution >= 4 is 15.7 Å². The smallest absolute Gasteiger partial charge is 0.221 e. The summed E-state index contributed by atoms with van der Waals surface area (Å²) in [5.74, 6) is -0.252. The lowest BCUT2D eigenvalue weighted by atomic mass is 9.91. The van der Waals surface area contributed by atoms with Crippen molar-refractivity contribution in [3.8, 4) is 0 Å². The van der Waals surface area contributed by atoms with Crippen LogP contribution in [0.1, 0.15) is 40.0 Å². The molecule has 0 aromatic rings. The van der Waals surface area contributed by atoms with E-state index in [9.17, 15) is 13.2 Å². The van der Waals surface area contributed by atoms with E-state index < -0.39 is 9.84 Å². The van der Waals surface area contributed by atoms with Gasteiger partial charge in [0.15, 0.2) is 0 Å². The van der Waals surface area contributed by atoms with Crippen LogP contribution in [0.4, 0.5) is 0 Å². The molecular formula is C11H23NO3S. The number of sulfone groups is 1. The minimum Gasteiger partial charge on any atom is -0.356 e. The number of carbonyl (C=O) groups is 1. The van der Waals surface area contributed by atoms with Gasteiger partial charge in [-0.15, -0.1) is 0 Å². The maximum Gasteiger partial charge on any atom is 0.221 e. The largest absolute Gasteiger partial charge is 0.356 e. The van der Waals surface area contributed by atoms with Crippen LogP contribution in [-0.2, 0) is 14.6 Å². The summed E-state index contributed by atoms with van der Waals surface area (Å²) >= 11 is 0. The van der Waals surface area contributed by atoms with Gasteiger partial charge in [0.05, 0.1) is 5.75 Å². The van der Waals surface area contributed by atoms with E-state index in [2.05, 4.69) is 26.1 Å². The van der Waals surface area contributed by atoms with Gasteiger partial charge in [0.2, 0.25) is 5.91 Å². The first kappa shape index (κ1) is 15.4. The topological polar surface area (TPSA) is 63.2 Å². The molecule has 0 rings (SSSR count). The lowest BCUT2D eigenvalue weighted by Crippen LogP contribution is -2.27. The molecule has 0 atom stereocenters. The van der Waals surface area contributed by atoms with Crippen molar-refractivity contribution < 1.29 is 13.2 Å². The summed E-state index contributed by atoms with van der Waals surface area (Å²) in [4.78, 5) is 11.2. The highest BCUT2D eigenvalue weighted by molar-refractivity contribution is 7.90. The van der Waals surface area contributed by atoms with Gasteiger partial charge >= 0.3 is 0 Å². The Kier molecular flexibility index (Phi) is 6.00. The first-order chi connectivity index (χ1) is 7.10. The maximum atomic E-state index is 11.2. The first-order valence-corrected chi connectivity index (χ1v) is 7.61. The lowest BCUT2D eigenvalue weighted by Gasteiger charge is -2.17. The number of nitrogens with one attached hydrogen (secondary N) is 1. The molecular weight excluding hydrogens is 226 g/mol. The fourth-order valence-corrected chi connectivity index (χ4v) is 1.77. The third-order valence-electron chi connectivity index (χ3n) is 2.13. The second-order valence-corrected chi connectivity index (χ2v) is 7.65. The quantitative estimate of drug-likeness (QED) is 0.723. The fraction of sp³-hybridized carbons (Fsp3) is 0.909. The molecule has 1 amide bonds. The number of hydrogen-bond acceptors (Lipinski definition) is 3. The average Bonchev–Trinajstić information content (AvgIpc) is 2.06. The highest BCUT2D eigenvalue weighted by Gasteiger charge is 2.10. The molecule has 0 heterocycles. The first-order valence-electron chi connectivity index (χ1n) is 5.55. The van der Waals surface area contributed by atoms with Gasteiger partial charge in [-0.2, -0.15) is 0 Å². The molecule has 0 aliphatic carbocycles. The second kappa shape index (κ2) is 6.23. The summed E-state index contributed by atoms with van der Waals surface area (Å²) in [6.07, 6.45) is 3.17. The van der Waals surface area contributed by atoms with Crippen molar-refractivity contribution in [1.29, 1.82) is 0 Å². The molecule has 0 saturated carbocycles. The van der Waals surface area contributed by atoms with Crippen molar-refractivity contribution in [2.24, 2.45) is 5.41 Å². The summed E-state index contributed by atoms with van der Waals surface area (Å²) in [6.45, 7) is 7.08. The number of rotatable bonds is 6. The molecule has 5 heteroatoms. The van der Waals surface area contributed by atoms with E-state index in [0.717, 1.165) is 19.1 Å². The minimum absolute atomic E-state index is 0.0638. The lowest BCUT2D eigenvalue weighted by molar-refractivity contribution is -0.120. The van der Waals surface area contributed by atoms with Crippen LogP contribution < -0.4 is 5.32 Å². The van der Waals surface area contributed by atoms with E-state index in [4.69, 9.17) is 0 Å². The normalized spacial score (nSPS) is 12.5. The summed E-state index contributed by atoms with van der Waals surface area (Å²) in [5, 5.41) is 2.72. The molecule has 16 heavy (non-hydrogen) atoms. The van der Waals surface area contributed by atoms with E-state index in [-0.39, 0.29) is 23.5 Å². The number of carbonyl (C=O) groups excluding carboxylic acids is 1. The Morgan fingerprint density at radius 2 is 1.81 bits per heavy atom. The van der Waals surface area contributed by atoms with Gasteiger partial charge in [-0.3, -0.25) is 4.79 Å². The Hall–Kier alpha value is -0.580. The number of hydrogen-bond donors (Lipinski definition) is 1. The Morgan fingerprint density at radius 1 is 1.25 bits per heavy atom. The third-order valence-corrected chi connectivity index (χ3v) is 3.07. The summed E-state index contributed by atoms with van der Waals surface area (Å²) in [6, 6.07) is 0. The van der Waals surface area contributed by atoms with Crippen LogP contribution in [0.15, 0.2) is 0 Å². The van der Waals surface area contributed by atoms with Crippen molar-refractivity contribution in [3.05, 3.63) is 0 Å². The standard InChI is InChI=1S/C11H23NO3S/c1-11(2,3)7-5-8-12-10(13)6-9-16(4,14)15/h5-9H2,1-4H3,(H,12,13). The summed E-state index contributed by atoms with van der Waals surface area (Å²) in [7, 11) is -3.03. The van der Waals surface area contributed by atoms with Crippen molar-refractivity contribution in [3.63, 3.8) is 0 Å². The van der Waals surface area contributed by atoms with Gasteiger partial charge in [0.25, 0.3) is 0 Å². The summed E-state index contributed by atoms with van der Waals surface area (Å²) < 4.78 is 21.6. The van der Waals surface area contributed by atoms with Crippen molar-refractivity contribution in [2.75, 3.05) is 18.6 Å². The SMILES string of the molecule is CC(C)(C)CCCNC(=O)CCS(C)(=O)=O. The Bertz CT molecular complexity index is 315. The van der Waals surface area contributed by atoms with Crippen LogP contribution >= 0.6 is 0 Å². The minimum atomic E-state index is -3.03. The number of amides is 1. The van der Waals surface area contributed by atoms with Crippen molar-refractivity contribution in [2.45, 2.75) is 40.0 Å². The highest BCUT2D eigenvalue weighted by Crippen LogP contribution is 2.19. The molecule has 0 fully saturated rings. The van der Waals surface area contributed by atoms with Crippen LogP contribution in [0.25, 0.3) is 0 Å². The molecule has 0 unspecified atom stereocenters. The third kappa shape index (κ3) is 11.5. The van der Waals surface area contributed by atoms with Crippen molar-refractivity contribution in [1.82, 2.24) is 5.32 Å². The van der Waals surface area contributed by atoms with Crippen LogP contribution in [0.2, 0.25) is 0 Å². The molecule has 0 bridgehead atoms. The van der Waals surface area contributed by atoms with Crippen LogP contribution in [-0.4, -0.2) is 32.9 Å². The zero-order valence-electron chi connectivity index (χ0n) is 10.7. The van der Waals surface area contributed by atoms with Crippen LogP contribution in [0.3, 0.4) is 0 Å². The van der Waals surface area contributed by atoms with E-state index in [0.29, 0.717) is 6.54 Å². The molecule has 0 spiro atoms. The van der Waals surface area contributed by atoms with Crippen LogP contribution in [0.5, 0.6) is 0 Å². The predicted octanol–water partition coefficient (Wildman–Crippen LogP) is 1.36. The molecule has 0 saturated heterocycles.